The summed E-state index contributed by atoms with van der Waals surface area (Å²) in [6.07, 6.45) is 0. The number of anilines is 1. The highest BCUT2D eigenvalue weighted by Gasteiger charge is 2.67. The summed E-state index contributed by atoms with van der Waals surface area (Å²) in [6, 6.07) is 30.5. The molecule has 4 aromatic carbocycles. The van der Waals surface area contributed by atoms with Crippen molar-refractivity contribution >= 4 is 45.0 Å². The number of amides is 2. The van der Waals surface area contributed by atoms with Crippen molar-refractivity contribution in [1.82, 2.24) is 0 Å². The number of carbonyl (C=O) groups is 2. The Balaban J connectivity index is 1.28. The van der Waals surface area contributed by atoms with Gasteiger partial charge >= 0.3 is 0 Å². The van der Waals surface area contributed by atoms with Crippen LogP contribution in [0.25, 0.3) is 0 Å². The highest BCUT2D eigenvalue weighted by Crippen LogP contribution is 2.66. The van der Waals surface area contributed by atoms with Gasteiger partial charge in [0.25, 0.3) is 0 Å². The standard InChI is InChI=1S/C30H19BrClNO3/c31-30-23-7-3-1-5-21(23)25(22-6-2-4-8-24(22)30)26-27(30)29(35)33(28(26)34)18-11-15-20(16-12-18)36-19-13-9-17(32)10-14-19/h1-16,25-27H/t25?,26-,27-,30?/m1/s1. The second-order valence-electron chi connectivity index (χ2n) is 9.43. The summed E-state index contributed by atoms with van der Waals surface area (Å²) in [6.45, 7) is 0. The van der Waals surface area contributed by atoms with E-state index in [1.54, 1.807) is 48.5 Å². The van der Waals surface area contributed by atoms with E-state index in [2.05, 4.69) is 40.2 Å². The Bertz CT molecular complexity index is 1500. The van der Waals surface area contributed by atoms with Crippen molar-refractivity contribution in [3.63, 3.8) is 0 Å². The van der Waals surface area contributed by atoms with Gasteiger partial charge in [0.05, 0.1) is 21.8 Å². The minimum absolute atomic E-state index is 0.157. The van der Waals surface area contributed by atoms with E-state index in [9.17, 15) is 9.59 Å². The molecule has 0 aromatic heterocycles. The van der Waals surface area contributed by atoms with Crippen molar-refractivity contribution in [2.45, 2.75) is 10.2 Å². The fraction of sp³-hybridized carbons (Fsp3) is 0.133. The Morgan fingerprint density at radius 2 is 1.25 bits per heavy atom. The molecule has 1 heterocycles. The first-order valence-electron chi connectivity index (χ1n) is 11.8. The lowest BCUT2D eigenvalue weighted by molar-refractivity contribution is -0.122. The maximum atomic E-state index is 14.0. The molecule has 0 radical (unpaired) electrons. The van der Waals surface area contributed by atoms with Crippen LogP contribution in [0.2, 0.25) is 5.02 Å². The summed E-state index contributed by atoms with van der Waals surface area (Å²) in [4.78, 5) is 29.3. The Morgan fingerprint density at radius 1 is 0.722 bits per heavy atom. The monoisotopic (exact) mass is 555 g/mol. The van der Waals surface area contributed by atoms with Gasteiger partial charge in [0.2, 0.25) is 11.8 Å². The molecule has 1 aliphatic heterocycles. The first-order valence-corrected chi connectivity index (χ1v) is 12.9. The molecule has 0 spiro atoms. The summed E-state index contributed by atoms with van der Waals surface area (Å²) in [7, 11) is 0. The number of carbonyl (C=O) groups excluding carboxylic acids is 2. The van der Waals surface area contributed by atoms with E-state index in [0.717, 1.165) is 22.3 Å². The van der Waals surface area contributed by atoms with Crippen LogP contribution in [0.5, 0.6) is 11.5 Å². The van der Waals surface area contributed by atoms with Crippen LogP contribution >= 0.6 is 27.5 Å². The van der Waals surface area contributed by atoms with E-state index < -0.39 is 16.2 Å². The van der Waals surface area contributed by atoms with Gasteiger partial charge in [0, 0.05) is 10.9 Å². The molecule has 0 saturated carbocycles. The highest BCUT2D eigenvalue weighted by molar-refractivity contribution is 9.09. The molecule has 176 valence electrons. The number of halogens is 2. The largest absolute Gasteiger partial charge is 0.457 e. The third-order valence-electron chi connectivity index (χ3n) is 7.66. The van der Waals surface area contributed by atoms with Gasteiger partial charge < -0.3 is 4.74 Å². The minimum Gasteiger partial charge on any atom is -0.457 e. The third-order valence-corrected chi connectivity index (χ3v) is 9.26. The molecule has 2 amide bonds. The minimum atomic E-state index is -0.751. The van der Waals surface area contributed by atoms with Crippen molar-refractivity contribution < 1.29 is 14.3 Å². The Morgan fingerprint density at radius 3 is 1.83 bits per heavy atom. The average Bonchev–Trinajstić information content (AvgIpc) is 3.17. The zero-order valence-electron chi connectivity index (χ0n) is 18.9. The van der Waals surface area contributed by atoms with Crippen molar-refractivity contribution in [3.05, 3.63) is 124 Å². The van der Waals surface area contributed by atoms with E-state index in [4.69, 9.17) is 16.3 Å². The van der Waals surface area contributed by atoms with Gasteiger partial charge in [-0.05, 0) is 70.8 Å². The quantitative estimate of drug-likeness (QED) is 0.201. The van der Waals surface area contributed by atoms with Crippen molar-refractivity contribution in [1.29, 1.82) is 0 Å². The molecule has 1 fully saturated rings. The Kier molecular flexibility index (Phi) is 4.73. The van der Waals surface area contributed by atoms with Crippen LogP contribution in [-0.2, 0) is 13.9 Å². The zero-order valence-corrected chi connectivity index (χ0v) is 21.2. The van der Waals surface area contributed by atoms with Crippen molar-refractivity contribution in [3.8, 4) is 11.5 Å². The molecule has 0 N–H and O–H groups in total. The summed E-state index contributed by atoms with van der Waals surface area (Å²) in [5.74, 6) is -0.224. The molecule has 1 saturated heterocycles. The maximum Gasteiger partial charge on any atom is 0.239 e. The number of hydrogen-bond acceptors (Lipinski definition) is 3. The van der Waals surface area contributed by atoms with Crippen LogP contribution in [0.15, 0.2) is 97.1 Å². The molecular formula is C30H19BrClNO3. The second-order valence-corrected chi connectivity index (χ2v) is 11.1. The van der Waals surface area contributed by atoms with Crippen LogP contribution < -0.4 is 9.64 Å². The second kappa shape index (κ2) is 7.79. The molecule has 8 rings (SSSR count). The predicted octanol–water partition coefficient (Wildman–Crippen LogP) is 7.04. The average molecular weight is 557 g/mol. The van der Waals surface area contributed by atoms with Crippen LogP contribution in [0.3, 0.4) is 0 Å². The highest BCUT2D eigenvalue weighted by atomic mass is 79.9. The molecule has 3 aliphatic carbocycles. The lowest BCUT2D eigenvalue weighted by atomic mass is 9.55. The van der Waals surface area contributed by atoms with E-state index in [0.29, 0.717) is 22.2 Å². The van der Waals surface area contributed by atoms with Gasteiger partial charge in [0.15, 0.2) is 0 Å². The molecule has 0 unspecified atom stereocenters. The SMILES string of the molecule is O=C1[C@@H]2C3c4ccccc4C(Br)(c4ccccc43)[C@H]2C(=O)N1c1ccc(Oc2ccc(Cl)cc2)cc1. The van der Waals surface area contributed by atoms with Gasteiger partial charge in [-0.1, -0.05) is 76.1 Å². The molecule has 2 atom stereocenters. The van der Waals surface area contributed by atoms with Crippen LogP contribution in [0, 0.1) is 11.8 Å². The van der Waals surface area contributed by atoms with Gasteiger partial charge in [-0.25, -0.2) is 4.90 Å². The maximum absolute atomic E-state index is 14.0. The molecular weight excluding hydrogens is 538 g/mol. The van der Waals surface area contributed by atoms with E-state index in [1.807, 2.05) is 24.3 Å². The third kappa shape index (κ3) is 2.87. The molecule has 36 heavy (non-hydrogen) atoms. The van der Waals surface area contributed by atoms with Crippen molar-refractivity contribution in [2.24, 2.45) is 11.8 Å². The van der Waals surface area contributed by atoms with Crippen LogP contribution in [-0.4, -0.2) is 11.8 Å². The zero-order chi connectivity index (χ0) is 24.6. The first kappa shape index (κ1) is 21.8. The molecule has 4 aromatic rings. The molecule has 2 bridgehead atoms. The Hall–Kier alpha value is -3.41. The smallest absolute Gasteiger partial charge is 0.239 e. The first-order chi connectivity index (χ1) is 17.5. The number of rotatable bonds is 3. The van der Waals surface area contributed by atoms with E-state index in [1.165, 1.54) is 4.90 Å². The number of alkyl halides is 1. The van der Waals surface area contributed by atoms with Gasteiger partial charge in [-0.3, -0.25) is 9.59 Å². The lowest BCUT2D eigenvalue weighted by Crippen LogP contribution is -2.50. The van der Waals surface area contributed by atoms with Crippen molar-refractivity contribution in [2.75, 3.05) is 4.90 Å². The summed E-state index contributed by atoms with van der Waals surface area (Å²) in [5.41, 5.74) is 4.92. The molecule has 4 nitrogen and oxygen atoms in total. The van der Waals surface area contributed by atoms with E-state index >= 15 is 0 Å². The van der Waals surface area contributed by atoms with Gasteiger partial charge in [-0.15, -0.1) is 0 Å². The number of ether oxygens (including phenoxy) is 1. The van der Waals surface area contributed by atoms with Gasteiger partial charge in [-0.2, -0.15) is 0 Å². The lowest BCUT2D eigenvalue weighted by Gasteiger charge is -2.51. The number of imide groups is 1. The summed E-state index contributed by atoms with van der Waals surface area (Å²) in [5, 5.41) is 0.632. The van der Waals surface area contributed by atoms with Gasteiger partial charge in [0.1, 0.15) is 11.5 Å². The fourth-order valence-electron chi connectivity index (χ4n) is 6.24. The van der Waals surface area contributed by atoms with Crippen LogP contribution in [0.4, 0.5) is 5.69 Å². The number of nitrogens with zero attached hydrogens (tertiary/aromatic N) is 1. The summed E-state index contributed by atoms with van der Waals surface area (Å²) < 4.78 is 5.14. The number of benzene rings is 4. The molecule has 4 aliphatic rings. The number of hydrogen-bond donors (Lipinski definition) is 0. The van der Waals surface area contributed by atoms with E-state index in [-0.39, 0.29) is 17.7 Å². The fourth-order valence-corrected chi connectivity index (χ4v) is 7.56. The van der Waals surface area contributed by atoms with Crippen LogP contribution in [0.1, 0.15) is 28.2 Å². The topological polar surface area (TPSA) is 46.6 Å². The summed E-state index contributed by atoms with van der Waals surface area (Å²) >= 11 is 9.98. The Labute approximate surface area is 221 Å². The molecule has 6 heteroatoms. The normalized spacial score (nSPS) is 25.4. The predicted molar refractivity (Wildman–Crippen MR) is 142 cm³/mol.